The third-order valence-corrected chi connectivity index (χ3v) is 2.46. The Balaban J connectivity index is 2.34. The number of esters is 1. The van der Waals surface area contributed by atoms with Gasteiger partial charge in [0.1, 0.15) is 23.2 Å². The molecule has 0 saturated heterocycles. The Morgan fingerprint density at radius 3 is 2.90 bits per heavy atom. The molecule has 2 aromatic rings. The summed E-state index contributed by atoms with van der Waals surface area (Å²) >= 11 is 0. The van der Waals surface area contributed by atoms with Crippen LogP contribution in [0.5, 0.6) is 11.6 Å². The third kappa shape index (κ3) is 2.72. The van der Waals surface area contributed by atoms with E-state index < -0.39 is 11.8 Å². The first-order valence-corrected chi connectivity index (χ1v) is 5.56. The summed E-state index contributed by atoms with van der Waals surface area (Å²) in [5.74, 6) is -1.14. The minimum Gasteiger partial charge on any atom is -0.465 e. The first-order valence-electron chi connectivity index (χ1n) is 5.56. The zero-order valence-electron chi connectivity index (χ0n) is 10.5. The summed E-state index contributed by atoms with van der Waals surface area (Å²) < 4.78 is 23.3. The smallest absolute Gasteiger partial charge is 0.338 e. The number of carbonyl (C=O) groups excluding carboxylic acids is 1. The molecule has 0 atom stereocenters. The van der Waals surface area contributed by atoms with Crippen LogP contribution in [0.15, 0.2) is 36.5 Å². The first kappa shape index (κ1) is 13.5. The van der Waals surface area contributed by atoms with Crippen LogP contribution >= 0.6 is 0 Å². The molecule has 0 aliphatic rings. The van der Waals surface area contributed by atoms with Crippen LogP contribution in [0.25, 0.3) is 0 Å². The number of ether oxygens (including phenoxy) is 2. The van der Waals surface area contributed by atoms with Crippen LogP contribution in [-0.4, -0.2) is 18.1 Å². The van der Waals surface area contributed by atoms with Gasteiger partial charge in [-0.3, -0.25) is 0 Å². The van der Waals surface area contributed by atoms with Gasteiger partial charge in [0.15, 0.2) is 0 Å². The maximum absolute atomic E-state index is 13.4. The number of aromatic nitrogens is 1. The van der Waals surface area contributed by atoms with Gasteiger partial charge in [0.05, 0.1) is 12.7 Å². The maximum atomic E-state index is 13.4. The lowest BCUT2D eigenvalue weighted by Gasteiger charge is -2.07. The van der Waals surface area contributed by atoms with E-state index in [0.29, 0.717) is 0 Å². The van der Waals surface area contributed by atoms with Crippen molar-refractivity contribution in [2.75, 3.05) is 7.11 Å². The highest BCUT2D eigenvalue weighted by molar-refractivity contribution is 5.89. The average molecular weight is 272 g/mol. The molecular formula is C14H9FN2O3. The Bertz CT molecular complexity index is 695. The number of benzene rings is 1. The van der Waals surface area contributed by atoms with Crippen molar-refractivity contribution >= 4 is 5.97 Å². The summed E-state index contributed by atoms with van der Waals surface area (Å²) in [5, 5.41) is 8.89. The van der Waals surface area contributed by atoms with Crippen molar-refractivity contribution in [3.8, 4) is 17.7 Å². The minimum absolute atomic E-state index is 0.0296. The zero-order valence-corrected chi connectivity index (χ0v) is 10.5. The molecule has 6 heteroatoms. The maximum Gasteiger partial charge on any atom is 0.338 e. The second kappa shape index (κ2) is 5.80. The molecule has 0 N–H and O–H groups in total. The van der Waals surface area contributed by atoms with Crippen molar-refractivity contribution in [1.29, 1.82) is 5.26 Å². The highest BCUT2D eigenvalue weighted by Gasteiger charge is 2.12. The van der Waals surface area contributed by atoms with Crippen molar-refractivity contribution in [3.05, 3.63) is 53.5 Å². The second-order valence-electron chi connectivity index (χ2n) is 3.70. The van der Waals surface area contributed by atoms with Gasteiger partial charge in [-0.2, -0.15) is 5.26 Å². The van der Waals surface area contributed by atoms with E-state index in [-0.39, 0.29) is 22.8 Å². The van der Waals surface area contributed by atoms with Gasteiger partial charge in [-0.05, 0) is 18.2 Å². The van der Waals surface area contributed by atoms with E-state index in [1.165, 1.54) is 37.6 Å². The van der Waals surface area contributed by atoms with Crippen molar-refractivity contribution < 1.29 is 18.7 Å². The molecule has 0 unspecified atom stereocenters. The number of carbonyl (C=O) groups is 1. The fraction of sp³-hybridized carbons (Fsp3) is 0.0714. The van der Waals surface area contributed by atoms with Crippen LogP contribution < -0.4 is 4.74 Å². The van der Waals surface area contributed by atoms with Crippen LogP contribution in [0, 0.1) is 17.1 Å². The molecular weight excluding hydrogens is 263 g/mol. The molecule has 0 amide bonds. The lowest BCUT2D eigenvalue weighted by Crippen LogP contribution is -2.02. The normalized spacial score (nSPS) is 9.65. The number of halogens is 1. The monoisotopic (exact) mass is 272 g/mol. The van der Waals surface area contributed by atoms with E-state index in [4.69, 9.17) is 10.00 Å². The van der Waals surface area contributed by atoms with Gasteiger partial charge in [0.25, 0.3) is 0 Å². The molecule has 0 radical (unpaired) electrons. The Labute approximate surface area is 114 Å². The van der Waals surface area contributed by atoms with Gasteiger partial charge in [0, 0.05) is 12.3 Å². The Morgan fingerprint density at radius 2 is 2.20 bits per heavy atom. The summed E-state index contributed by atoms with van der Waals surface area (Å²) in [6, 6.07) is 8.52. The molecule has 100 valence electrons. The fourth-order valence-corrected chi connectivity index (χ4v) is 1.52. The number of methoxy groups -OCH3 is 1. The van der Waals surface area contributed by atoms with Crippen molar-refractivity contribution in [2.45, 2.75) is 0 Å². The molecule has 0 bridgehead atoms. The first-order chi connectivity index (χ1) is 9.65. The topological polar surface area (TPSA) is 72.2 Å². The zero-order chi connectivity index (χ0) is 14.5. The number of rotatable bonds is 3. The van der Waals surface area contributed by atoms with Crippen LogP contribution in [0.1, 0.15) is 15.9 Å². The van der Waals surface area contributed by atoms with Crippen molar-refractivity contribution in [3.63, 3.8) is 0 Å². The molecule has 5 nitrogen and oxygen atoms in total. The Kier molecular flexibility index (Phi) is 3.91. The largest absolute Gasteiger partial charge is 0.465 e. The van der Waals surface area contributed by atoms with Crippen LogP contribution in [0.2, 0.25) is 0 Å². The third-order valence-electron chi connectivity index (χ3n) is 2.46. The molecule has 0 aliphatic heterocycles. The molecule has 20 heavy (non-hydrogen) atoms. The van der Waals surface area contributed by atoms with E-state index in [2.05, 4.69) is 9.72 Å². The number of nitrogens with zero attached hydrogens (tertiary/aromatic N) is 2. The number of hydrogen-bond acceptors (Lipinski definition) is 5. The summed E-state index contributed by atoms with van der Waals surface area (Å²) in [6.07, 6.45) is 1.35. The van der Waals surface area contributed by atoms with Crippen LogP contribution in [0.4, 0.5) is 4.39 Å². The molecule has 1 heterocycles. The predicted molar refractivity (Wildman–Crippen MR) is 66.8 cm³/mol. The molecule has 1 aromatic carbocycles. The molecule has 0 spiro atoms. The highest BCUT2D eigenvalue weighted by atomic mass is 19.1. The standard InChI is InChI=1S/C14H9FN2O3/c1-19-14(18)9-5-6-17-13(7-9)20-12-4-2-3-11(15)10(12)8-16/h2-7H,1H3. The SMILES string of the molecule is COC(=O)c1ccnc(Oc2cccc(F)c2C#N)c1. The fourth-order valence-electron chi connectivity index (χ4n) is 1.52. The van der Waals surface area contributed by atoms with Crippen molar-refractivity contribution in [2.24, 2.45) is 0 Å². The van der Waals surface area contributed by atoms with Gasteiger partial charge in [0.2, 0.25) is 5.88 Å². The van der Waals surface area contributed by atoms with Gasteiger partial charge in [-0.15, -0.1) is 0 Å². The molecule has 1 aromatic heterocycles. The van der Waals surface area contributed by atoms with Gasteiger partial charge < -0.3 is 9.47 Å². The minimum atomic E-state index is -0.686. The van der Waals surface area contributed by atoms with E-state index in [1.54, 1.807) is 6.07 Å². The quantitative estimate of drug-likeness (QED) is 0.803. The Hall–Kier alpha value is -2.94. The summed E-state index contributed by atoms with van der Waals surface area (Å²) in [5.41, 5.74) is 0.0187. The summed E-state index contributed by atoms with van der Waals surface area (Å²) in [7, 11) is 1.25. The van der Waals surface area contributed by atoms with Crippen molar-refractivity contribution in [1.82, 2.24) is 4.98 Å². The highest BCUT2D eigenvalue weighted by Crippen LogP contribution is 2.25. The number of pyridine rings is 1. The number of hydrogen-bond donors (Lipinski definition) is 0. The molecule has 0 saturated carbocycles. The van der Waals surface area contributed by atoms with E-state index >= 15 is 0 Å². The van der Waals surface area contributed by atoms with Gasteiger partial charge in [-0.1, -0.05) is 6.07 Å². The Morgan fingerprint density at radius 1 is 1.40 bits per heavy atom. The van der Waals surface area contributed by atoms with Gasteiger partial charge in [-0.25, -0.2) is 14.2 Å². The summed E-state index contributed by atoms with van der Waals surface area (Å²) in [6.45, 7) is 0. The van der Waals surface area contributed by atoms with Gasteiger partial charge >= 0.3 is 5.97 Å². The van der Waals surface area contributed by atoms with Crippen LogP contribution in [-0.2, 0) is 4.74 Å². The van der Waals surface area contributed by atoms with Crippen LogP contribution in [0.3, 0.4) is 0 Å². The van der Waals surface area contributed by atoms with E-state index in [1.807, 2.05) is 0 Å². The predicted octanol–water partition coefficient (Wildman–Crippen LogP) is 2.67. The van der Waals surface area contributed by atoms with E-state index in [9.17, 15) is 9.18 Å². The van der Waals surface area contributed by atoms with E-state index in [0.717, 1.165) is 6.07 Å². The lowest BCUT2D eigenvalue weighted by atomic mass is 10.2. The number of nitriles is 1. The molecule has 0 aliphatic carbocycles. The molecule has 2 rings (SSSR count). The average Bonchev–Trinajstić information content (AvgIpc) is 2.47. The summed E-state index contributed by atoms with van der Waals surface area (Å²) in [4.78, 5) is 15.3. The molecule has 0 fully saturated rings. The lowest BCUT2D eigenvalue weighted by molar-refractivity contribution is 0.0600. The second-order valence-corrected chi connectivity index (χ2v) is 3.70.